The lowest BCUT2D eigenvalue weighted by Gasteiger charge is -2.12. The smallest absolute Gasteiger partial charge is 0.156 e. The maximum Gasteiger partial charge on any atom is 0.156 e. The normalized spacial score (nSPS) is 11.3. The highest BCUT2D eigenvalue weighted by atomic mass is 19.1. The lowest BCUT2D eigenvalue weighted by molar-refractivity contribution is 0.419. The molecule has 8 heteroatoms. The minimum atomic E-state index is -0.667. The van der Waals surface area contributed by atoms with Crippen LogP contribution in [0.15, 0.2) is 30.7 Å². The Morgan fingerprint density at radius 1 is 1.14 bits per heavy atom. The SMILES string of the molecule is CCCc1cc(F)c(-c2ncc3[nH]nc(-c4cnn(C)c4)c3c2OC)c(F)c1. The first-order valence-electron chi connectivity index (χ1n) is 8.91. The molecule has 28 heavy (non-hydrogen) atoms. The number of pyridine rings is 1. The van der Waals surface area contributed by atoms with E-state index in [1.54, 1.807) is 24.1 Å². The van der Waals surface area contributed by atoms with E-state index in [-0.39, 0.29) is 17.0 Å². The van der Waals surface area contributed by atoms with Gasteiger partial charge in [-0.15, -0.1) is 0 Å². The molecule has 0 aliphatic rings. The molecular weight excluding hydrogens is 364 g/mol. The Bertz CT molecular complexity index is 1140. The summed E-state index contributed by atoms with van der Waals surface area (Å²) in [5.41, 5.74) is 2.43. The number of H-pyrrole nitrogens is 1. The molecule has 3 heterocycles. The van der Waals surface area contributed by atoms with Crippen molar-refractivity contribution in [3.63, 3.8) is 0 Å². The fourth-order valence-electron chi connectivity index (χ4n) is 3.40. The van der Waals surface area contributed by atoms with Gasteiger partial charge in [0, 0.05) is 18.8 Å². The monoisotopic (exact) mass is 383 g/mol. The second-order valence-electron chi connectivity index (χ2n) is 6.59. The van der Waals surface area contributed by atoms with Gasteiger partial charge in [-0.1, -0.05) is 13.3 Å². The lowest BCUT2D eigenvalue weighted by Crippen LogP contribution is -1.99. The molecule has 0 aliphatic heterocycles. The third-order valence-electron chi connectivity index (χ3n) is 4.62. The average molecular weight is 383 g/mol. The first-order valence-corrected chi connectivity index (χ1v) is 8.91. The van der Waals surface area contributed by atoms with Crippen molar-refractivity contribution in [3.8, 4) is 28.3 Å². The van der Waals surface area contributed by atoms with Crippen LogP contribution in [-0.2, 0) is 13.5 Å². The van der Waals surface area contributed by atoms with Crippen molar-refractivity contribution in [2.24, 2.45) is 7.05 Å². The second kappa shape index (κ2) is 7.03. The molecule has 3 aromatic heterocycles. The summed E-state index contributed by atoms with van der Waals surface area (Å²) in [4.78, 5) is 4.26. The molecule has 0 unspecified atom stereocenters. The number of nitrogens with zero attached hydrogens (tertiary/aromatic N) is 4. The number of aromatic nitrogens is 5. The molecule has 144 valence electrons. The highest BCUT2D eigenvalue weighted by Crippen LogP contribution is 2.40. The van der Waals surface area contributed by atoms with Crippen LogP contribution >= 0.6 is 0 Å². The summed E-state index contributed by atoms with van der Waals surface area (Å²) in [6.45, 7) is 1.96. The zero-order chi connectivity index (χ0) is 19.8. The molecule has 4 aromatic rings. The molecule has 4 rings (SSSR count). The molecule has 1 N–H and O–H groups in total. The highest BCUT2D eigenvalue weighted by molar-refractivity contribution is 6.00. The maximum absolute atomic E-state index is 14.8. The van der Waals surface area contributed by atoms with E-state index >= 15 is 0 Å². The van der Waals surface area contributed by atoms with Crippen LogP contribution in [0, 0.1) is 11.6 Å². The number of methoxy groups -OCH3 is 1. The van der Waals surface area contributed by atoms with E-state index in [0.29, 0.717) is 28.6 Å². The van der Waals surface area contributed by atoms with E-state index < -0.39 is 11.6 Å². The molecule has 0 saturated heterocycles. The van der Waals surface area contributed by atoms with Gasteiger partial charge in [-0.25, -0.2) is 13.8 Å². The summed E-state index contributed by atoms with van der Waals surface area (Å²) in [6, 6.07) is 2.70. The van der Waals surface area contributed by atoms with Crippen molar-refractivity contribution < 1.29 is 13.5 Å². The van der Waals surface area contributed by atoms with Crippen LogP contribution in [-0.4, -0.2) is 32.1 Å². The third kappa shape index (κ3) is 2.90. The number of aryl methyl sites for hydroxylation is 2. The molecule has 6 nitrogen and oxygen atoms in total. The minimum Gasteiger partial charge on any atom is -0.494 e. The molecule has 0 spiro atoms. The fraction of sp³-hybridized carbons (Fsp3) is 0.250. The van der Waals surface area contributed by atoms with Gasteiger partial charge in [-0.2, -0.15) is 10.2 Å². The van der Waals surface area contributed by atoms with E-state index in [4.69, 9.17) is 4.74 Å². The molecule has 0 atom stereocenters. The van der Waals surface area contributed by atoms with E-state index in [2.05, 4.69) is 20.3 Å². The second-order valence-corrected chi connectivity index (χ2v) is 6.59. The number of hydrogen-bond acceptors (Lipinski definition) is 4. The Morgan fingerprint density at radius 3 is 2.50 bits per heavy atom. The molecule has 0 radical (unpaired) electrons. The van der Waals surface area contributed by atoms with Gasteiger partial charge in [-0.05, 0) is 24.1 Å². The number of halogens is 2. The van der Waals surface area contributed by atoms with Crippen molar-refractivity contribution in [1.29, 1.82) is 0 Å². The zero-order valence-corrected chi connectivity index (χ0v) is 15.8. The standard InChI is InChI=1S/C20H19F2N5O/c1-4-5-11-6-13(21)16(14(22)7-11)19-20(28-3)17-15(9-23-19)25-26-18(17)12-8-24-27(2)10-12/h6-10H,4-5H2,1-3H3,(H,25,26). The average Bonchev–Trinajstić information content (AvgIpc) is 3.27. The van der Waals surface area contributed by atoms with Crippen molar-refractivity contribution in [2.75, 3.05) is 7.11 Å². The summed E-state index contributed by atoms with van der Waals surface area (Å²) in [5.74, 6) is -1.08. The predicted octanol–water partition coefficient (Wildman–Crippen LogP) is 4.26. The van der Waals surface area contributed by atoms with Crippen molar-refractivity contribution >= 4 is 10.9 Å². The topological polar surface area (TPSA) is 68.6 Å². The van der Waals surface area contributed by atoms with Gasteiger partial charge in [-0.3, -0.25) is 9.78 Å². The van der Waals surface area contributed by atoms with Gasteiger partial charge in [0.2, 0.25) is 0 Å². The van der Waals surface area contributed by atoms with Gasteiger partial charge in [0.1, 0.15) is 23.0 Å². The number of hydrogen-bond donors (Lipinski definition) is 1. The predicted molar refractivity (Wildman–Crippen MR) is 102 cm³/mol. The molecule has 0 amide bonds. The molecular formula is C20H19F2N5O. The zero-order valence-electron chi connectivity index (χ0n) is 15.8. The summed E-state index contributed by atoms with van der Waals surface area (Å²) < 4.78 is 36.8. The van der Waals surface area contributed by atoms with E-state index in [0.717, 1.165) is 12.0 Å². The van der Waals surface area contributed by atoms with Gasteiger partial charge in [0.05, 0.1) is 36.0 Å². The quantitative estimate of drug-likeness (QED) is 0.559. The van der Waals surface area contributed by atoms with E-state index in [9.17, 15) is 8.78 Å². The molecule has 0 bridgehead atoms. The third-order valence-corrected chi connectivity index (χ3v) is 4.62. The van der Waals surface area contributed by atoms with E-state index in [1.165, 1.54) is 25.4 Å². The van der Waals surface area contributed by atoms with Crippen LogP contribution < -0.4 is 4.74 Å². The number of fused-ring (bicyclic) bond motifs is 1. The summed E-state index contributed by atoms with van der Waals surface area (Å²) in [6.07, 6.45) is 6.37. The van der Waals surface area contributed by atoms with Crippen LogP contribution in [0.1, 0.15) is 18.9 Å². The molecule has 0 aliphatic carbocycles. The number of rotatable bonds is 5. The van der Waals surface area contributed by atoms with Crippen LogP contribution in [0.2, 0.25) is 0 Å². The Hall–Kier alpha value is -3.29. The van der Waals surface area contributed by atoms with Gasteiger partial charge >= 0.3 is 0 Å². The van der Waals surface area contributed by atoms with Gasteiger partial charge in [0.15, 0.2) is 5.75 Å². The Kier molecular flexibility index (Phi) is 4.54. The van der Waals surface area contributed by atoms with Crippen LogP contribution in [0.5, 0.6) is 5.75 Å². The van der Waals surface area contributed by atoms with E-state index in [1.807, 2.05) is 6.92 Å². The van der Waals surface area contributed by atoms with Crippen LogP contribution in [0.3, 0.4) is 0 Å². The number of ether oxygens (including phenoxy) is 1. The van der Waals surface area contributed by atoms with Crippen molar-refractivity contribution in [3.05, 3.63) is 47.9 Å². The number of aromatic amines is 1. The summed E-state index contributed by atoms with van der Waals surface area (Å²) in [7, 11) is 3.24. The summed E-state index contributed by atoms with van der Waals surface area (Å²) >= 11 is 0. The maximum atomic E-state index is 14.8. The van der Waals surface area contributed by atoms with Crippen molar-refractivity contribution in [1.82, 2.24) is 25.0 Å². The first-order chi connectivity index (χ1) is 13.5. The van der Waals surface area contributed by atoms with Crippen LogP contribution in [0.25, 0.3) is 33.4 Å². The summed E-state index contributed by atoms with van der Waals surface area (Å²) in [5, 5.41) is 12.0. The lowest BCUT2D eigenvalue weighted by atomic mass is 10.0. The molecule has 1 aromatic carbocycles. The number of nitrogens with one attached hydrogen (secondary N) is 1. The molecule has 0 saturated carbocycles. The Labute approximate surface area is 160 Å². The first kappa shape index (κ1) is 18.1. The molecule has 0 fully saturated rings. The number of benzene rings is 1. The van der Waals surface area contributed by atoms with Gasteiger partial charge in [0.25, 0.3) is 0 Å². The Balaban J connectivity index is 1.96. The minimum absolute atomic E-state index is 0.0968. The van der Waals surface area contributed by atoms with Crippen molar-refractivity contribution in [2.45, 2.75) is 19.8 Å². The van der Waals surface area contributed by atoms with Gasteiger partial charge < -0.3 is 4.74 Å². The largest absolute Gasteiger partial charge is 0.494 e. The Morgan fingerprint density at radius 2 is 1.89 bits per heavy atom. The van der Waals surface area contributed by atoms with Crippen LogP contribution in [0.4, 0.5) is 8.78 Å². The highest BCUT2D eigenvalue weighted by Gasteiger charge is 2.24. The fourth-order valence-corrected chi connectivity index (χ4v) is 3.40.